The lowest BCUT2D eigenvalue weighted by atomic mass is 9.94. The summed E-state index contributed by atoms with van der Waals surface area (Å²) in [5.41, 5.74) is 7.68. The minimum absolute atomic E-state index is 0.0415. The van der Waals surface area contributed by atoms with Gasteiger partial charge < -0.3 is 9.47 Å². The molecule has 1 unspecified atom stereocenters. The van der Waals surface area contributed by atoms with Crippen molar-refractivity contribution in [2.45, 2.75) is 19.4 Å². The third kappa shape index (κ3) is 4.10. The Bertz CT molecular complexity index is 1090. The summed E-state index contributed by atoms with van der Waals surface area (Å²) in [6.45, 7) is 2.03. The standard InChI is InChI=1S/C23H21N3O4/c1-15-3-12-22-20(13-15)21(25-24-17-6-8-18(9-7-17)26(27)28)14-23(30-22)16-4-10-19(29-2)11-5-16/h3-13,23-24H,14H2,1-2H3/b25-21+. The van der Waals surface area contributed by atoms with Crippen LogP contribution in [0.2, 0.25) is 0 Å². The van der Waals surface area contributed by atoms with E-state index in [1.165, 1.54) is 12.1 Å². The second-order valence-corrected chi connectivity index (χ2v) is 7.06. The maximum Gasteiger partial charge on any atom is 0.269 e. The van der Waals surface area contributed by atoms with Gasteiger partial charge >= 0.3 is 0 Å². The third-order valence-corrected chi connectivity index (χ3v) is 4.98. The van der Waals surface area contributed by atoms with Crippen LogP contribution in [-0.4, -0.2) is 17.7 Å². The van der Waals surface area contributed by atoms with Gasteiger partial charge in [-0.05, 0) is 48.9 Å². The van der Waals surface area contributed by atoms with Crippen LogP contribution in [0.4, 0.5) is 11.4 Å². The zero-order valence-electron chi connectivity index (χ0n) is 16.7. The Labute approximate surface area is 174 Å². The van der Waals surface area contributed by atoms with Crippen LogP contribution in [-0.2, 0) is 0 Å². The highest BCUT2D eigenvalue weighted by Gasteiger charge is 2.26. The van der Waals surface area contributed by atoms with Gasteiger partial charge in [0.05, 0.1) is 23.4 Å². The highest BCUT2D eigenvalue weighted by molar-refractivity contribution is 6.04. The lowest BCUT2D eigenvalue weighted by Crippen LogP contribution is -2.22. The van der Waals surface area contributed by atoms with Crippen LogP contribution in [0, 0.1) is 17.0 Å². The average Bonchev–Trinajstić information content (AvgIpc) is 2.77. The number of methoxy groups -OCH3 is 1. The Morgan fingerprint density at radius 1 is 1.10 bits per heavy atom. The van der Waals surface area contributed by atoms with Gasteiger partial charge in [-0.25, -0.2) is 0 Å². The summed E-state index contributed by atoms with van der Waals surface area (Å²) in [4.78, 5) is 10.4. The van der Waals surface area contributed by atoms with Gasteiger partial charge in [-0.3, -0.25) is 15.5 Å². The first-order chi connectivity index (χ1) is 14.5. The van der Waals surface area contributed by atoms with E-state index in [9.17, 15) is 10.1 Å². The molecule has 0 saturated heterocycles. The molecule has 0 bridgehead atoms. The lowest BCUT2D eigenvalue weighted by Gasteiger charge is -2.28. The van der Waals surface area contributed by atoms with E-state index in [0.29, 0.717) is 12.1 Å². The molecular weight excluding hydrogens is 382 g/mol. The summed E-state index contributed by atoms with van der Waals surface area (Å²) in [5.74, 6) is 1.57. The SMILES string of the molecule is COc1ccc(C2C/C(=N\Nc3ccc([N+](=O)[O-])cc3)c3cc(C)ccc3O2)cc1. The summed E-state index contributed by atoms with van der Waals surface area (Å²) in [6, 6.07) is 20.0. The molecule has 3 aromatic carbocycles. The highest BCUT2D eigenvalue weighted by atomic mass is 16.6. The Morgan fingerprint density at radius 3 is 2.50 bits per heavy atom. The van der Waals surface area contributed by atoms with Gasteiger partial charge in [0.15, 0.2) is 0 Å². The zero-order chi connectivity index (χ0) is 21.1. The first-order valence-corrected chi connectivity index (χ1v) is 9.52. The van der Waals surface area contributed by atoms with Crippen molar-refractivity contribution < 1.29 is 14.4 Å². The molecule has 0 saturated carbocycles. The van der Waals surface area contributed by atoms with E-state index in [4.69, 9.17) is 9.47 Å². The maximum atomic E-state index is 10.8. The second-order valence-electron chi connectivity index (χ2n) is 7.06. The van der Waals surface area contributed by atoms with Gasteiger partial charge in [-0.1, -0.05) is 23.8 Å². The molecule has 0 radical (unpaired) electrons. The van der Waals surface area contributed by atoms with Crippen LogP contribution < -0.4 is 14.9 Å². The molecular formula is C23H21N3O4. The van der Waals surface area contributed by atoms with Crippen molar-refractivity contribution in [3.63, 3.8) is 0 Å². The largest absolute Gasteiger partial charge is 0.497 e. The summed E-state index contributed by atoms with van der Waals surface area (Å²) < 4.78 is 11.5. The van der Waals surface area contributed by atoms with Gasteiger partial charge in [0.2, 0.25) is 0 Å². The molecule has 7 nitrogen and oxygen atoms in total. The van der Waals surface area contributed by atoms with Crippen molar-refractivity contribution in [2.75, 3.05) is 12.5 Å². The van der Waals surface area contributed by atoms with E-state index in [1.54, 1.807) is 19.2 Å². The number of nitro benzene ring substituents is 1. The first kappa shape index (κ1) is 19.4. The summed E-state index contributed by atoms with van der Waals surface area (Å²) in [5, 5.41) is 15.4. The molecule has 30 heavy (non-hydrogen) atoms. The van der Waals surface area contributed by atoms with E-state index >= 15 is 0 Å². The number of nitro groups is 1. The minimum atomic E-state index is -0.424. The fourth-order valence-corrected chi connectivity index (χ4v) is 3.35. The number of rotatable bonds is 5. The molecule has 0 aliphatic carbocycles. The number of fused-ring (bicyclic) bond motifs is 1. The van der Waals surface area contributed by atoms with Gasteiger partial charge in [0.25, 0.3) is 5.69 Å². The predicted molar refractivity (Wildman–Crippen MR) is 115 cm³/mol. The van der Waals surface area contributed by atoms with Crippen molar-refractivity contribution in [3.05, 3.63) is 93.5 Å². The number of anilines is 1. The Kier molecular flexibility index (Phi) is 5.34. The molecule has 1 aliphatic rings. The van der Waals surface area contributed by atoms with E-state index in [1.807, 2.05) is 43.3 Å². The van der Waals surface area contributed by atoms with Crippen LogP contribution in [0.15, 0.2) is 71.8 Å². The molecule has 4 rings (SSSR count). The molecule has 0 spiro atoms. The van der Waals surface area contributed by atoms with Crippen LogP contribution in [0.5, 0.6) is 11.5 Å². The van der Waals surface area contributed by atoms with E-state index in [2.05, 4.69) is 16.6 Å². The number of nitrogens with zero attached hydrogens (tertiary/aromatic N) is 2. The van der Waals surface area contributed by atoms with Crippen molar-refractivity contribution >= 4 is 17.1 Å². The Balaban J connectivity index is 1.63. The number of hydrazone groups is 1. The fraction of sp³-hybridized carbons (Fsp3) is 0.174. The quantitative estimate of drug-likeness (QED) is 0.464. The number of ether oxygens (including phenoxy) is 2. The monoisotopic (exact) mass is 403 g/mol. The molecule has 1 atom stereocenters. The summed E-state index contributed by atoms with van der Waals surface area (Å²) in [7, 11) is 1.64. The molecule has 1 heterocycles. The van der Waals surface area contributed by atoms with Crippen LogP contribution in [0.25, 0.3) is 0 Å². The molecule has 1 N–H and O–H groups in total. The maximum absolute atomic E-state index is 10.8. The first-order valence-electron chi connectivity index (χ1n) is 9.52. The molecule has 1 aliphatic heterocycles. The van der Waals surface area contributed by atoms with Crippen molar-refractivity contribution in [3.8, 4) is 11.5 Å². The van der Waals surface area contributed by atoms with E-state index < -0.39 is 4.92 Å². The van der Waals surface area contributed by atoms with Crippen LogP contribution >= 0.6 is 0 Å². The number of hydrogen-bond donors (Lipinski definition) is 1. The molecule has 152 valence electrons. The molecule has 3 aromatic rings. The molecule has 0 fully saturated rings. The van der Waals surface area contributed by atoms with Gasteiger partial charge in [-0.15, -0.1) is 0 Å². The predicted octanol–water partition coefficient (Wildman–Crippen LogP) is 5.25. The molecule has 0 aromatic heterocycles. The van der Waals surface area contributed by atoms with Crippen LogP contribution in [0.3, 0.4) is 0 Å². The number of nitrogens with one attached hydrogen (secondary N) is 1. The number of non-ortho nitro benzene ring substituents is 1. The lowest BCUT2D eigenvalue weighted by molar-refractivity contribution is -0.384. The van der Waals surface area contributed by atoms with Crippen molar-refractivity contribution in [2.24, 2.45) is 5.10 Å². The highest BCUT2D eigenvalue weighted by Crippen LogP contribution is 2.36. The van der Waals surface area contributed by atoms with Gasteiger partial charge in [0.1, 0.15) is 17.6 Å². The third-order valence-electron chi connectivity index (χ3n) is 4.98. The number of hydrogen-bond acceptors (Lipinski definition) is 6. The average molecular weight is 403 g/mol. The topological polar surface area (TPSA) is 86.0 Å². The number of benzene rings is 3. The Morgan fingerprint density at radius 2 is 1.83 bits per heavy atom. The van der Waals surface area contributed by atoms with Crippen molar-refractivity contribution in [1.29, 1.82) is 0 Å². The summed E-state index contributed by atoms with van der Waals surface area (Å²) in [6.07, 6.45) is 0.409. The van der Waals surface area contributed by atoms with Crippen molar-refractivity contribution in [1.82, 2.24) is 0 Å². The van der Waals surface area contributed by atoms with E-state index in [0.717, 1.165) is 33.9 Å². The normalized spacial score (nSPS) is 16.5. The Hall–Kier alpha value is -3.87. The second kappa shape index (κ2) is 8.24. The van der Waals surface area contributed by atoms with E-state index in [-0.39, 0.29) is 11.8 Å². The minimum Gasteiger partial charge on any atom is -0.497 e. The molecule has 7 heteroatoms. The smallest absolute Gasteiger partial charge is 0.269 e. The number of aryl methyl sites for hydroxylation is 1. The van der Waals surface area contributed by atoms with Gasteiger partial charge in [0, 0.05) is 24.1 Å². The molecule has 0 amide bonds. The van der Waals surface area contributed by atoms with Crippen LogP contribution in [0.1, 0.15) is 29.2 Å². The fourth-order valence-electron chi connectivity index (χ4n) is 3.35. The summed E-state index contributed by atoms with van der Waals surface area (Å²) >= 11 is 0. The zero-order valence-corrected chi connectivity index (χ0v) is 16.7. The van der Waals surface area contributed by atoms with Gasteiger partial charge in [-0.2, -0.15) is 5.10 Å².